The number of fused-ring (bicyclic) bond motifs is 3. The number of benzene rings is 1. The first-order valence-corrected chi connectivity index (χ1v) is 9.48. The van der Waals surface area contributed by atoms with Crippen LogP contribution in [0.25, 0.3) is 0 Å². The first-order chi connectivity index (χ1) is 13.3. The van der Waals surface area contributed by atoms with E-state index in [1.165, 1.54) is 15.9 Å². The van der Waals surface area contributed by atoms with Crippen LogP contribution in [0.3, 0.4) is 0 Å². The second-order valence-corrected chi connectivity index (χ2v) is 7.82. The molecule has 7 nitrogen and oxygen atoms in total. The number of guanidine groups is 1. The molecule has 1 aromatic carbocycles. The number of urea groups is 1. The van der Waals surface area contributed by atoms with Gasteiger partial charge in [-0.15, -0.1) is 0 Å². The van der Waals surface area contributed by atoms with Crippen molar-refractivity contribution in [2.45, 2.75) is 39.4 Å². The molecule has 0 radical (unpaired) electrons. The third-order valence-electron chi connectivity index (χ3n) is 5.41. The lowest BCUT2D eigenvalue weighted by atomic mass is 10.1. The maximum atomic E-state index is 14.4. The summed E-state index contributed by atoms with van der Waals surface area (Å²) in [6.45, 7) is 6.34. The van der Waals surface area contributed by atoms with Gasteiger partial charge in [0.1, 0.15) is 5.82 Å². The zero-order valence-corrected chi connectivity index (χ0v) is 16.5. The van der Waals surface area contributed by atoms with Gasteiger partial charge < -0.3 is 9.80 Å². The quantitative estimate of drug-likeness (QED) is 0.800. The number of hydrogen-bond donors (Lipinski definition) is 0. The number of imide groups is 1. The van der Waals surface area contributed by atoms with Crippen LogP contribution in [-0.4, -0.2) is 58.4 Å². The number of nitrogens with zero attached hydrogens (tertiary/aromatic N) is 5. The molecule has 1 aromatic rings. The lowest BCUT2D eigenvalue weighted by Gasteiger charge is -2.40. The molecule has 0 aromatic heterocycles. The average Bonchev–Trinajstić information content (AvgIpc) is 3.15. The second-order valence-electron chi connectivity index (χ2n) is 7.82. The van der Waals surface area contributed by atoms with Gasteiger partial charge in [-0.2, -0.15) is 0 Å². The summed E-state index contributed by atoms with van der Waals surface area (Å²) in [5.74, 6) is 0.219. The number of carbonyl (C=O) groups excluding carboxylic acids is 2. The molecule has 1 fully saturated rings. The highest BCUT2D eigenvalue weighted by Crippen LogP contribution is 2.37. The summed E-state index contributed by atoms with van der Waals surface area (Å²) >= 11 is 0. The minimum absolute atomic E-state index is 0.257. The van der Waals surface area contributed by atoms with Crippen LogP contribution >= 0.6 is 0 Å². The van der Waals surface area contributed by atoms with Gasteiger partial charge >= 0.3 is 6.03 Å². The Hall–Kier alpha value is -2.90. The molecule has 3 heterocycles. The molecular formula is C20H24FN5O2. The Balaban J connectivity index is 1.68. The second kappa shape index (κ2) is 6.61. The Morgan fingerprint density at radius 1 is 1.21 bits per heavy atom. The predicted octanol–water partition coefficient (Wildman–Crippen LogP) is 2.81. The van der Waals surface area contributed by atoms with Crippen molar-refractivity contribution in [1.29, 1.82) is 0 Å². The number of likely N-dealkylation sites (N-methyl/N-ethyl adjacent to an activating group) is 1. The van der Waals surface area contributed by atoms with E-state index in [0.29, 0.717) is 24.1 Å². The minimum Gasteiger partial charge on any atom is -0.302 e. The number of carbonyl (C=O) groups is 2. The monoisotopic (exact) mass is 385 g/mol. The van der Waals surface area contributed by atoms with Crippen molar-refractivity contribution in [2.24, 2.45) is 10.9 Å². The van der Waals surface area contributed by atoms with E-state index in [9.17, 15) is 14.0 Å². The molecule has 3 amide bonds. The number of amides is 3. The van der Waals surface area contributed by atoms with E-state index >= 15 is 0 Å². The number of para-hydroxylation sites is 1. The van der Waals surface area contributed by atoms with Gasteiger partial charge in [-0.25, -0.2) is 14.2 Å². The lowest BCUT2D eigenvalue weighted by Crippen LogP contribution is -2.64. The van der Waals surface area contributed by atoms with E-state index in [1.807, 2.05) is 6.92 Å². The molecule has 0 N–H and O–H groups in total. The SMILES string of the molecule is CC1=CN2C(=NC3C2C(=O)N(CCC(C)C)C(=O)N3C)N1c1ccccc1F. The summed E-state index contributed by atoms with van der Waals surface area (Å²) in [7, 11) is 1.66. The first-order valence-electron chi connectivity index (χ1n) is 9.48. The van der Waals surface area contributed by atoms with Crippen molar-refractivity contribution in [2.75, 3.05) is 18.5 Å². The van der Waals surface area contributed by atoms with Crippen molar-refractivity contribution in [3.05, 3.63) is 42.0 Å². The number of aliphatic imine (C=N–C) groups is 1. The van der Waals surface area contributed by atoms with Crippen LogP contribution in [0.5, 0.6) is 0 Å². The van der Waals surface area contributed by atoms with Crippen LogP contribution in [0.1, 0.15) is 27.2 Å². The molecule has 148 valence electrons. The van der Waals surface area contributed by atoms with Crippen LogP contribution in [0, 0.1) is 11.7 Å². The molecule has 0 spiro atoms. The van der Waals surface area contributed by atoms with E-state index in [4.69, 9.17) is 0 Å². The van der Waals surface area contributed by atoms with Crippen molar-refractivity contribution in [3.63, 3.8) is 0 Å². The maximum absolute atomic E-state index is 14.4. The first kappa shape index (κ1) is 18.5. The summed E-state index contributed by atoms with van der Waals surface area (Å²) in [5.41, 5.74) is 1.14. The van der Waals surface area contributed by atoms with Crippen LogP contribution in [0.2, 0.25) is 0 Å². The summed E-state index contributed by atoms with van der Waals surface area (Å²) in [4.78, 5) is 36.8. The summed E-state index contributed by atoms with van der Waals surface area (Å²) in [6, 6.07) is 5.48. The third kappa shape index (κ3) is 2.66. The van der Waals surface area contributed by atoms with E-state index in [1.54, 1.807) is 41.2 Å². The maximum Gasteiger partial charge on any atom is 0.328 e. The minimum atomic E-state index is -0.628. The van der Waals surface area contributed by atoms with E-state index in [0.717, 1.165) is 12.1 Å². The van der Waals surface area contributed by atoms with Gasteiger partial charge in [0.25, 0.3) is 5.91 Å². The highest BCUT2D eigenvalue weighted by molar-refractivity contribution is 6.09. The van der Waals surface area contributed by atoms with Gasteiger partial charge in [0, 0.05) is 25.5 Å². The van der Waals surface area contributed by atoms with Crippen molar-refractivity contribution in [3.8, 4) is 0 Å². The van der Waals surface area contributed by atoms with E-state index in [2.05, 4.69) is 18.8 Å². The van der Waals surface area contributed by atoms with E-state index in [-0.39, 0.29) is 17.8 Å². The molecule has 3 aliphatic heterocycles. The topological polar surface area (TPSA) is 59.5 Å². The van der Waals surface area contributed by atoms with Crippen molar-refractivity contribution >= 4 is 23.6 Å². The molecule has 0 aliphatic carbocycles. The Bertz CT molecular complexity index is 896. The van der Waals surface area contributed by atoms with Crippen LogP contribution < -0.4 is 4.90 Å². The number of anilines is 1. The average molecular weight is 385 g/mol. The van der Waals surface area contributed by atoms with Gasteiger partial charge in [0.15, 0.2) is 12.2 Å². The summed E-state index contributed by atoms with van der Waals surface area (Å²) < 4.78 is 14.4. The van der Waals surface area contributed by atoms with Gasteiger partial charge in [0.2, 0.25) is 5.96 Å². The number of rotatable bonds is 4. The fourth-order valence-corrected chi connectivity index (χ4v) is 3.88. The smallest absolute Gasteiger partial charge is 0.302 e. The fourth-order valence-electron chi connectivity index (χ4n) is 3.88. The van der Waals surface area contributed by atoms with Gasteiger partial charge in [-0.1, -0.05) is 26.0 Å². The normalized spacial score (nSPS) is 24.1. The highest BCUT2D eigenvalue weighted by Gasteiger charge is 2.54. The molecule has 1 saturated heterocycles. The standard InChI is InChI=1S/C20H24FN5O2/c1-12(2)9-10-24-18(27)16-17(23(4)20(24)28)22-19-25(16)11-13(3)26(19)15-8-6-5-7-14(15)21/h5-8,11-12,16-17H,9-10H2,1-4H3. The number of halogens is 1. The van der Waals surface area contributed by atoms with Crippen LogP contribution in [-0.2, 0) is 4.79 Å². The van der Waals surface area contributed by atoms with Crippen molar-refractivity contribution in [1.82, 2.24) is 14.7 Å². The Morgan fingerprint density at radius 3 is 2.61 bits per heavy atom. The molecule has 4 rings (SSSR count). The Morgan fingerprint density at radius 2 is 1.93 bits per heavy atom. The van der Waals surface area contributed by atoms with Crippen LogP contribution in [0.15, 0.2) is 41.2 Å². The zero-order valence-electron chi connectivity index (χ0n) is 16.5. The Labute approximate surface area is 163 Å². The summed E-state index contributed by atoms with van der Waals surface area (Å²) in [6.07, 6.45) is 1.93. The van der Waals surface area contributed by atoms with E-state index < -0.39 is 12.2 Å². The molecule has 0 bridgehead atoms. The summed E-state index contributed by atoms with van der Waals surface area (Å²) in [5, 5.41) is 0. The van der Waals surface area contributed by atoms with Gasteiger partial charge in [0.05, 0.1) is 5.69 Å². The lowest BCUT2D eigenvalue weighted by molar-refractivity contribution is -0.136. The molecule has 2 atom stereocenters. The molecule has 8 heteroatoms. The van der Waals surface area contributed by atoms with Gasteiger partial charge in [-0.3, -0.25) is 14.6 Å². The molecule has 0 saturated carbocycles. The molecule has 28 heavy (non-hydrogen) atoms. The predicted molar refractivity (Wildman–Crippen MR) is 104 cm³/mol. The molecular weight excluding hydrogens is 361 g/mol. The molecule has 2 unspecified atom stereocenters. The van der Waals surface area contributed by atoms with Crippen molar-refractivity contribution < 1.29 is 14.0 Å². The Kier molecular flexibility index (Phi) is 4.36. The van der Waals surface area contributed by atoms with Crippen LogP contribution in [0.4, 0.5) is 14.9 Å². The fraction of sp³-hybridized carbons (Fsp3) is 0.450. The van der Waals surface area contributed by atoms with Gasteiger partial charge in [-0.05, 0) is 31.4 Å². The largest absolute Gasteiger partial charge is 0.328 e. The third-order valence-corrected chi connectivity index (χ3v) is 5.41. The number of allylic oxidation sites excluding steroid dienone is 1. The molecule has 3 aliphatic rings. The number of hydrogen-bond acceptors (Lipinski definition) is 5. The highest BCUT2D eigenvalue weighted by atomic mass is 19.1. The zero-order chi connectivity index (χ0) is 20.2.